The number of Topliss-reactive ketones (excluding diaryl/α,β-unsaturated/α-hetero) is 1. The van der Waals surface area contributed by atoms with Crippen LogP contribution in [0.1, 0.15) is 49.3 Å². The van der Waals surface area contributed by atoms with Gasteiger partial charge in [-0.05, 0) is 52.8 Å². The SMILES string of the molecule is C=NNc1c(C)ccc2c1C(c1ccsc1)C1=C(CC(C)(C)CC1=O)N2. The number of allylic oxidation sites excluding steroid dienone is 2. The van der Waals surface area contributed by atoms with Gasteiger partial charge in [0, 0.05) is 41.6 Å². The Morgan fingerprint density at radius 1 is 1.31 bits per heavy atom. The Labute approximate surface area is 158 Å². The van der Waals surface area contributed by atoms with E-state index in [1.54, 1.807) is 11.3 Å². The van der Waals surface area contributed by atoms with E-state index in [1.807, 2.05) is 6.92 Å². The van der Waals surface area contributed by atoms with Crippen LogP contribution in [0.2, 0.25) is 0 Å². The lowest BCUT2D eigenvalue weighted by atomic mass is 9.68. The van der Waals surface area contributed by atoms with Crippen molar-refractivity contribution in [2.45, 2.75) is 39.5 Å². The first-order chi connectivity index (χ1) is 12.4. The minimum absolute atomic E-state index is 0.0198. The molecule has 0 bridgehead atoms. The number of carbonyl (C=O) groups is 1. The Morgan fingerprint density at radius 3 is 2.81 bits per heavy atom. The highest BCUT2D eigenvalue weighted by atomic mass is 32.1. The van der Waals surface area contributed by atoms with Crippen LogP contribution in [-0.4, -0.2) is 12.5 Å². The van der Waals surface area contributed by atoms with Crippen molar-refractivity contribution in [1.82, 2.24) is 0 Å². The summed E-state index contributed by atoms with van der Waals surface area (Å²) in [6.45, 7) is 9.96. The van der Waals surface area contributed by atoms with E-state index in [9.17, 15) is 4.79 Å². The monoisotopic (exact) mass is 365 g/mol. The second kappa shape index (κ2) is 6.09. The van der Waals surface area contributed by atoms with Crippen LogP contribution in [0.25, 0.3) is 0 Å². The van der Waals surface area contributed by atoms with Gasteiger partial charge in [0.2, 0.25) is 0 Å². The summed E-state index contributed by atoms with van der Waals surface area (Å²) in [6.07, 6.45) is 1.46. The van der Waals surface area contributed by atoms with Crippen LogP contribution in [0, 0.1) is 12.3 Å². The van der Waals surface area contributed by atoms with Gasteiger partial charge in [0.15, 0.2) is 5.78 Å². The molecule has 1 aromatic carbocycles. The number of carbonyl (C=O) groups excluding carboxylic acids is 1. The summed E-state index contributed by atoms with van der Waals surface area (Å²) in [5, 5.41) is 11.7. The lowest BCUT2D eigenvalue weighted by molar-refractivity contribution is -0.118. The van der Waals surface area contributed by atoms with Gasteiger partial charge in [-0.15, -0.1) is 0 Å². The van der Waals surface area contributed by atoms with E-state index in [4.69, 9.17) is 0 Å². The smallest absolute Gasteiger partial charge is 0.162 e. The van der Waals surface area contributed by atoms with Gasteiger partial charge in [0.1, 0.15) is 0 Å². The van der Waals surface area contributed by atoms with E-state index >= 15 is 0 Å². The molecule has 134 valence electrons. The van der Waals surface area contributed by atoms with E-state index in [0.717, 1.165) is 45.8 Å². The Bertz CT molecular complexity index is 925. The van der Waals surface area contributed by atoms with E-state index < -0.39 is 0 Å². The summed E-state index contributed by atoms with van der Waals surface area (Å²) in [4.78, 5) is 13.2. The first-order valence-corrected chi connectivity index (χ1v) is 9.76. The van der Waals surface area contributed by atoms with Gasteiger partial charge in [0.25, 0.3) is 0 Å². The number of aryl methyl sites for hydroxylation is 1. The maximum absolute atomic E-state index is 13.2. The van der Waals surface area contributed by atoms with Crippen LogP contribution < -0.4 is 10.7 Å². The zero-order chi connectivity index (χ0) is 18.5. The van der Waals surface area contributed by atoms with Crippen LogP contribution in [0.3, 0.4) is 0 Å². The topological polar surface area (TPSA) is 53.5 Å². The lowest BCUT2D eigenvalue weighted by Gasteiger charge is -2.40. The molecule has 1 aliphatic heterocycles. The molecule has 1 aromatic heterocycles. The number of hydrazone groups is 1. The van der Waals surface area contributed by atoms with Crippen LogP contribution >= 0.6 is 11.3 Å². The van der Waals surface area contributed by atoms with Gasteiger partial charge in [-0.1, -0.05) is 19.9 Å². The fraction of sp³-hybridized carbons (Fsp3) is 0.333. The largest absolute Gasteiger partial charge is 0.358 e. The molecule has 4 nitrogen and oxygen atoms in total. The Morgan fingerprint density at radius 2 is 2.12 bits per heavy atom. The number of nitrogens with zero attached hydrogens (tertiary/aromatic N) is 1. The molecule has 4 rings (SSSR count). The van der Waals surface area contributed by atoms with Crippen LogP contribution in [0.4, 0.5) is 11.4 Å². The van der Waals surface area contributed by atoms with Gasteiger partial charge in [-0.25, -0.2) is 0 Å². The normalized spacial score (nSPS) is 20.9. The summed E-state index contributed by atoms with van der Waals surface area (Å²) in [5.41, 5.74) is 10.3. The molecule has 0 radical (unpaired) electrons. The second-order valence-corrected chi connectivity index (χ2v) is 8.72. The minimum Gasteiger partial charge on any atom is -0.358 e. The lowest BCUT2D eigenvalue weighted by Crippen LogP contribution is -2.34. The number of thiophene rings is 1. The number of hydrogen-bond acceptors (Lipinski definition) is 5. The van der Waals surface area contributed by atoms with Gasteiger partial charge in [0.05, 0.1) is 5.69 Å². The number of benzene rings is 1. The second-order valence-electron chi connectivity index (χ2n) is 7.94. The highest BCUT2D eigenvalue weighted by Crippen LogP contribution is 2.51. The van der Waals surface area contributed by atoms with Crippen molar-refractivity contribution in [3.63, 3.8) is 0 Å². The van der Waals surface area contributed by atoms with Crippen molar-refractivity contribution >= 4 is 35.2 Å². The minimum atomic E-state index is -0.0692. The van der Waals surface area contributed by atoms with Crippen LogP contribution in [0.15, 0.2) is 45.3 Å². The Balaban J connectivity index is 1.98. The molecule has 0 amide bonds. The number of ketones is 1. The van der Waals surface area contributed by atoms with E-state index in [1.165, 1.54) is 0 Å². The molecule has 0 fully saturated rings. The third kappa shape index (κ3) is 2.67. The number of nitrogens with one attached hydrogen (secondary N) is 2. The quantitative estimate of drug-likeness (QED) is 0.574. The summed E-state index contributed by atoms with van der Waals surface area (Å²) >= 11 is 1.66. The third-order valence-corrected chi connectivity index (χ3v) is 6.01. The number of rotatable bonds is 3. The van der Waals surface area contributed by atoms with Gasteiger partial charge < -0.3 is 5.32 Å². The molecule has 0 spiro atoms. The fourth-order valence-electron chi connectivity index (χ4n) is 4.23. The van der Waals surface area contributed by atoms with Crippen LogP contribution in [-0.2, 0) is 4.79 Å². The maximum atomic E-state index is 13.2. The van der Waals surface area contributed by atoms with Crippen LogP contribution in [0.5, 0.6) is 0 Å². The molecule has 1 atom stereocenters. The van der Waals surface area contributed by atoms with Gasteiger partial charge >= 0.3 is 0 Å². The molecule has 5 heteroatoms. The van der Waals surface area contributed by atoms with E-state index in [-0.39, 0.29) is 17.1 Å². The van der Waals surface area contributed by atoms with Gasteiger partial charge in [-0.2, -0.15) is 16.4 Å². The first kappa shape index (κ1) is 17.0. The molecule has 26 heavy (non-hydrogen) atoms. The molecule has 2 N–H and O–H groups in total. The standard InChI is InChI=1S/C21H23N3OS/c1-12-5-6-14-19(20(12)24-22-4)17(13-7-8-26-11-13)18-15(23-14)9-21(2,3)10-16(18)25/h5-8,11,17,23-24H,4,9-10H2,1-3H3. The molecule has 1 unspecified atom stereocenters. The molecule has 0 saturated carbocycles. The average molecular weight is 366 g/mol. The van der Waals surface area contributed by atoms with Crippen molar-refractivity contribution in [3.05, 3.63) is 56.9 Å². The summed E-state index contributed by atoms with van der Waals surface area (Å²) in [7, 11) is 0. The summed E-state index contributed by atoms with van der Waals surface area (Å²) in [5.74, 6) is 0.171. The van der Waals surface area contributed by atoms with E-state index in [2.05, 4.69) is 65.4 Å². The molecule has 2 heterocycles. The molecule has 0 saturated heterocycles. The highest BCUT2D eigenvalue weighted by Gasteiger charge is 2.41. The predicted molar refractivity (Wildman–Crippen MR) is 109 cm³/mol. The average Bonchev–Trinajstić information content (AvgIpc) is 3.09. The first-order valence-electron chi connectivity index (χ1n) is 8.82. The molecular formula is C21H23N3OS. The van der Waals surface area contributed by atoms with Crippen molar-refractivity contribution in [2.75, 3.05) is 10.7 Å². The maximum Gasteiger partial charge on any atom is 0.162 e. The Kier molecular flexibility index (Phi) is 3.99. The van der Waals surface area contributed by atoms with Crippen molar-refractivity contribution < 1.29 is 4.79 Å². The molecule has 2 aliphatic rings. The third-order valence-electron chi connectivity index (χ3n) is 5.30. The van der Waals surface area contributed by atoms with Crippen molar-refractivity contribution in [3.8, 4) is 0 Å². The molecular weight excluding hydrogens is 342 g/mol. The van der Waals surface area contributed by atoms with E-state index in [0.29, 0.717) is 6.42 Å². The number of hydrogen-bond donors (Lipinski definition) is 2. The van der Waals surface area contributed by atoms with Crippen molar-refractivity contribution in [1.29, 1.82) is 0 Å². The Hall–Kier alpha value is -2.40. The van der Waals surface area contributed by atoms with Gasteiger partial charge in [-0.3, -0.25) is 10.2 Å². The molecule has 2 aromatic rings. The number of anilines is 2. The zero-order valence-corrected chi connectivity index (χ0v) is 16.2. The van der Waals surface area contributed by atoms with Crippen molar-refractivity contribution in [2.24, 2.45) is 10.5 Å². The summed E-state index contributed by atoms with van der Waals surface area (Å²) < 4.78 is 0. The zero-order valence-electron chi connectivity index (χ0n) is 15.3. The molecule has 1 aliphatic carbocycles. The summed E-state index contributed by atoms with van der Waals surface area (Å²) in [6, 6.07) is 6.30. The number of fused-ring (bicyclic) bond motifs is 1. The fourth-order valence-corrected chi connectivity index (χ4v) is 4.91. The highest BCUT2D eigenvalue weighted by molar-refractivity contribution is 7.08. The predicted octanol–water partition coefficient (Wildman–Crippen LogP) is 5.28.